The Labute approximate surface area is 75.0 Å². The lowest BCUT2D eigenvalue weighted by atomic mass is 10.0. The quantitative estimate of drug-likeness (QED) is 0.370. The van der Waals surface area contributed by atoms with Crippen molar-refractivity contribution in [1.29, 1.82) is 0 Å². The van der Waals surface area contributed by atoms with Gasteiger partial charge in [0.2, 0.25) is 0 Å². The zero-order chi connectivity index (χ0) is 10.0. The van der Waals surface area contributed by atoms with Gasteiger partial charge < -0.3 is 25.3 Å². The van der Waals surface area contributed by atoms with Crippen molar-refractivity contribution in [1.82, 2.24) is 4.90 Å². The van der Waals surface area contributed by atoms with Gasteiger partial charge in [0, 0.05) is 13.1 Å². The molecule has 0 unspecified atom stereocenters. The number of aliphatic hydroxyl groups is 4. The lowest BCUT2D eigenvalue weighted by Gasteiger charge is -2.35. The van der Waals surface area contributed by atoms with Crippen LogP contribution in [0.3, 0.4) is 0 Å². The van der Waals surface area contributed by atoms with Crippen LogP contribution in [0.2, 0.25) is 0 Å². The average Bonchev–Trinajstić information content (AvgIpc) is 2.11. The second-order valence-electron chi connectivity index (χ2n) is 3.01. The van der Waals surface area contributed by atoms with Gasteiger partial charge in [0.1, 0.15) is 12.2 Å². The van der Waals surface area contributed by atoms with E-state index in [1.54, 1.807) is 0 Å². The first-order valence-electron chi connectivity index (χ1n) is 4.01. The van der Waals surface area contributed by atoms with Gasteiger partial charge in [0.25, 0.3) is 5.91 Å². The standard InChI is InChI=1S/C7H13NO5/c9-2-1-8-3-4(10)5(11)6(12)7(8)13/h4-6,9-12H,1-3H2/t4-,5-,6-/m1/s1. The van der Waals surface area contributed by atoms with Gasteiger partial charge in [-0.25, -0.2) is 0 Å². The van der Waals surface area contributed by atoms with Gasteiger partial charge in [-0.05, 0) is 0 Å². The van der Waals surface area contributed by atoms with E-state index in [0.29, 0.717) is 0 Å². The van der Waals surface area contributed by atoms with E-state index in [4.69, 9.17) is 15.3 Å². The van der Waals surface area contributed by atoms with Gasteiger partial charge in [0.05, 0.1) is 6.61 Å². The SMILES string of the molecule is O=C1[C@H](O)[C@H](O)[C@H](O)CN1CCO. The second kappa shape index (κ2) is 4.01. The monoisotopic (exact) mass is 191 g/mol. The highest BCUT2D eigenvalue weighted by molar-refractivity contribution is 5.82. The van der Waals surface area contributed by atoms with Crippen molar-refractivity contribution in [2.75, 3.05) is 19.7 Å². The molecule has 0 aliphatic carbocycles. The van der Waals surface area contributed by atoms with Crippen LogP contribution in [0.5, 0.6) is 0 Å². The summed E-state index contributed by atoms with van der Waals surface area (Å²) in [6, 6.07) is 0. The van der Waals surface area contributed by atoms with E-state index in [1.165, 1.54) is 0 Å². The Morgan fingerprint density at radius 1 is 1.38 bits per heavy atom. The fourth-order valence-corrected chi connectivity index (χ4v) is 1.29. The zero-order valence-electron chi connectivity index (χ0n) is 7.00. The van der Waals surface area contributed by atoms with Crippen LogP contribution in [0.1, 0.15) is 0 Å². The van der Waals surface area contributed by atoms with Gasteiger partial charge >= 0.3 is 0 Å². The summed E-state index contributed by atoms with van der Waals surface area (Å²) in [6.45, 7) is -0.238. The average molecular weight is 191 g/mol. The van der Waals surface area contributed by atoms with E-state index in [1.807, 2.05) is 0 Å². The maximum absolute atomic E-state index is 11.2. The van der Waals surface area contributed by atoms with Crippen molar-refractivity contribution in [3.63, 3.8) is 0 Å². The Bertz CT molecular complexity index is 197. The van der Waals surface area contributed by atoms with Crippen molar-refractivity contribution < 1.29 is 25.2 Å². The van der Waals surface area contributed by atoms with Crippen LogP contribution in [-0.2, 0) is 4.79 Å². The van der Waals surface area contributed by atoms with Gasteiger partial charge in [0.15, 0.2) is 6.10 Å². The Morgan fingerprint density at radius 2 is 2.00 bits per heavy atom. The summed E-state index contributed by atoms with van der Waals surface area (Å²) in [7, 11) is 0. The highest BCUT2D eigenvalue weighted by Gasteiger charge is 2.39. The molecule has 4 N–H and O–H groups in total. The second-order valence-corrected chi connectivity index (χ2v) is 3.01. The topological polar surface area (TPSA) is 101 Å². The Hall–Kier alpha value is -0.690. The molecule has 1 aliphatic heterocycles. The van der Waals surface area contributed by atoms with Gasteiger partial charge in [-0.15, -0.1) is 0 Å². The van der Waals surface area contributed by atoms with Crippen LogP contribution in [0.15, 0.2) is 0 Å². The van der Waals surface area contributed by atoms with Crippen LogP contribution in [-0.4, -0.2) is 69.2 Å². The normalized spacial score (nSPS) is 35.2. The fourth-order valence-electron chi connectivity index (χ4n) is 1.29. The number of nitrogens with zero attached hydrogens (tertiary/aromatic N) is 1. The van der Waals surface area contributed by atoms with Crippen molar-refractivity contribution in [2.24, 2.45) is 0 Å². The molecule has 0 radical (unpaired) electrons. The number of rotatable bonds is 2. The van der Waals surface area contributed by atoms with E-state index in [-0.39, 0.29) is 19.7 Å². The minimum Gasteiger partial charge on any atom is -0.395 e. The predicted octanol–water partition coefficient (Wildman–Crippen LogP) is -3.10. The van der Waals surface area contributed by atoms with E-state index in [0.717, 1.165) is 4.90 Å². The van der Waals surface area contributed by atoms with Gasteiger partial charge in [-0.1, -0.05) is 0 Å². The van der Waals surface area contributed by atoms with Crippen LogP contribution in [0, 0.1) is 0 Å². The first kappa shape index (κ1) is 10.4. The third-order valence-electron chi connectivity index (χ3n) is 2.06. The number of amides is 1. The maximum Gasteiger partial charge on any atom is 0.254 e. The number of carbonyl (C=O) groups is 1. The molecule has 1 heterocycles. The molecule has 76 valence electrons. The molecule has 13 heavy (non-hydrogen) atoms. The predicted molar refractivity (Wildman–Crippen MR) is 41.7 cm³/mol. The number of β-amino-alcohol motifs (C(OH)–C–C–N with tert-alkyl or cyclic N) is 2. The summed E-state index contributed by atoms with van der Waals surface area (Å²) in [5, 5.41) is 36.0. The Kier molecular flexibility index (Phi) is 3.21. The van der Waals surface area contributed by atoms with E-state index >= 15 is 0 Å². The van der Waals surface area contributed by atoms with Crippen molar-refractivity contribution in [2.45, 2.75) is 18.3 Å². The largest absolute Gasteiger partial charge is 0.395 e. The summed E-state index contributed by atoms with van der Waals surface area (Å²) < 4.78 is 0. The first-order valence-corrected chi connectivity index (χ1v) is 4.01. The highest BCUT2D eigenvalue weighted by atomic mass is 16.4. The van der Waals surface area contributed by atoms with E-state index in [2.05, 4.69) is 0 Å². The van der Waals surface area contributed by atoms with Crippen LogP contribution in [0.4, 0.5) is 0 Å². The Morgan fingerprint density at radius 3 is 2.54 bits per heavy atom. The van der Waals surface area contributed by atoms with Crippen LogP contribution < -0.4 is 0 Å². The maximum atomic E-state index is 11.2. The highest BCUT2D eigenvalue weighted by Crippen LogP contribution is 2.12. The molecule has 0 aromatic heterocycles. The zero-order valence-corrected chi connectivity index (χ0v) is 7.00. The molecule has 6 heteroatoms. The fraction of sp³-hybridized carbons (Fsp3) is 0.857. The van der Waals surface area contributed by atoms with E-state index in [9.17, 15) is 9.90 Å². The molecule has 1 rings (SSSR count). The molecule has 0 aromatic carbocycles. The van der Waals surface area contributed by atoms with Gasteiger partial charge in [-0.3, -0.25) is 4.79 Å². The third-order valence-corrected chi connectivity index (χ3v) is 2.06. The molecule has 1 amide bonds. The number of carbonyl (C=O) groups excluding carboxylic acids is 1. The van der Waals surface area contributed by atoms with Gasteiger partial charge in [-0.2, -0.15) is 0 Å². The lowest BCUT2D eigenvalue weighted by Crippen LogP contribution is -2.59. The Balaban J connectivity index is 2.65. The number of hydrogen-bond donors (Lipinski definition) is 4. The van der Waals surface area contributed by atoms with Crippen LogP contribution in [0.25, 0.3) is 0 Å². The number of hydrogen-bond acceptors (Lipinski definition) is 5. The molecular weight excluding hydrogens is 178 g/mol. The van der Waals surface area contributed by atoms with Crippen molar-refractivity contribution in [3.8, 4) is 0 Å². The molecule has 1 saturated heterocycles. The molecule has 0 aromatic rings. The number of aliphatic hydroxyl groups excluding tert-OH is 4. The molecule has 1 fully saturated rings. The molecule has 0 saturated carbocycles. The third kappa shape index (κ3) is 1.97. The minimum atomic E-state index is -1.59. The summed E-state index contributed by atoms with van der Waals surface area (Å²) in [6.07, 6.45) is -4.17. The summed E-state index contributed by atoms with van der Waals surface area (Å²) >= 11 is 0. The summed E-state index contributed by atoms with van der Waals surface area (Å²) in [5.41, 5.74) is 0. The summed E-state index contributed by atoms with van der Waals surface area (Å²) in [5.74, 6) is -0.660. The molecule has 6 nitrogen and oxygen atoms in total. The number of piperidine rings is 1. The molecule has 1 aliphatic rings. The molecule has 0 bridgehead atoms. The van der Waals surface area contributed by atoms with E-state index < -0.39 is 24.2 Å². The minimum absolute atomic E-state index is 0.0552. The van der Waals surface area contributed by atoms with Crippen molar-refractivity contribution in [3.05, 3.63) is 0 Å². The molecule has 3 atom stereocenters. The smallest absolute Gasteiger partial charge is 0.254 e. The first-order chi connectivity index (χ1) is 6.07. The lowest BCUT2D eigenvalue weighted by molar-refractivity contribution is -0.166. The number of likely N-dealkylation sites (tertiary alicyclic amines) is 1. The van der Waals surface area contributed by atoms with Crippen LogP contribution >= 0.6 is 0 Å². The van der Waals surface area contributed by atoms with Crippen molar-refractivity contribution >= 4 is 5.91 Å². The molecule has 0 spiro atoms. The molecular formula is C7H13NO5. The summed E-state index contributed by atoms with van der Waals surface area (Å²) in [4.78, 5) is 12.3.